The molecule has 0 aromatic heterocycles. The lowest BCUT2D eigenvalue weighted by Crippen LogP contribution is -2.52. The minimum Gasteiger partial charge on any atom is -0.466 e. The molecule has 0 aromatic carbocycles. The van der Waals surface area contributed by atoms with Gasteiger partial charge in [0.05, 0.1) is 12.0 Å². The molecular formula is C9H19NO2. The molecule has 0 saturated carbocycles. The minimum absolute atomic E-state index is 0.238. The summed E-state index contributed by atoms with van der Waals surface area (Å²) in [6.45, 7) is 9.43. The van der Waals surface area contributed by atoms with Crippen LogP contribution in [0, 0.1) is 5.41 Å². The van der Waals surface area contributed by atoms with E-state index in [0.29, 0.717) is 6.61 Å². The molecule has 3 heteroatoms. The van der Waals surface area contributed by atoms with Crippen LogP contribution in [0.3, 0.4) is 0 Å². The van der Waals surface area contributed by atoms with E-state index in [1.54, 1.807) is 20.8 Å². The van der Waals surface area contributed by atoms with Gasteiger partial charge in [-0.25, -0.2) is 0 Å². The SMILES string of the molecule is CCOC(=O)C(C)(C)C(C)(C)N. The van der Waals surface area contributed by atoms with Crippen molar-refractivity contribution < 1.29 is 9.53 Å². The molecule has 0 unspecified atom stereocenters. The van der Waals surface area contributed by atoms with Crippen LogP contribution < -0.4 is 5.73 Å². The van der Waals surface area contributed by atoms with Gasteiger partial charge in [0.25, 0.3) is 0 Å². The first-order valence-electron chi connectivity index (χ1n) is 4.19. The number of hydrogen-bond donors (Lipinski definition) is 1. The van der Waals surface area contributed by atoms with Crippen LogP contribution in [0.25, 0.3) is 0 Å². The van der Waals surface area contributed by atoms with Crippen LogP contribution in [0.1, 0.15) is 34.6 Å². The first-order chi connectivity index (χ1) is 5.23. The van der Waals surface area contributed by atoms with Crippen LogP contribution in [-0.4, -0.2) is 18.1 Å². The number of ether oxygens (including phenoxy) is 1. The Labute approximate surface area is 74.3 Å². The lowest BCUT2D eigenvalue weighted by atomic mass is 9.75. The Morgan fingerprint density at radius 2 is 1.75 bits per heavy atom. The minimum atomic E-state index is -0.636. The third-order valence-corrected chi connectivity index (χ3v) is 2.40. The Morgan fingerprint density at radius 1 is 1.33 bits per heavy atom. The second-order valence-corrected chi connectivity index (χ2v) is 4.07. The summed E-state index contributed by atoms with van der Waals surface area (Å²) in [6.07, 6.45) is 0. The lowest BCUT2D eigenvalue weighted by Gasteiger charge is -2.35. The highest BCUT2D eigenvalue weighted by Crippen LogP contribution is 2.29. The van der Waals surface area contributed by atoms with Gasteiger partial charge in [-0.2, -0.15) is 0 Å². The molecule has 0 aliphatic carbocycles. The number of carbonyl (C=O) groups excluding carboxylic acids is 1. The zero-order chi connectivity index (χ0) is 9.99. The number of carbonyl (C=O) groups is 1. The maximum absolute atomic E-state index is 11.4. The van der Waals surface area contributed by atoms with Gasteiger partial charge in [0.15, 0.2) is 0 Å². The quantitative estimate of drug-likeness (QED) is 0.655. The van der Waals surface area contributed by atoms with Crippen molar-refractivity contribution >= 4 is 5.97 Å². The van der Waals surface area contributed by atoms with E-state index in [1.807, 2.05) is 13.8 Å². The van der Waals surface area contributed by atoms with Gasteiger partial charge in [-0.05, 0) is 34.6 Å². The summed E-state index contributed by atoms with van der Waals surface area (Å²) in [5, 5.41) is 0. The molecular weight excluding hydrogens is 154 g/mol. The molecule has 0 aliphatic heterocycles. The highest BCUT2D eigenvalue weighted by Gasteiger charge is 2.41. The van der Waals surface area contributed by atoms with E-state index in [1.165, 1.54) is 0 Å². The maximum Gasteiger partial charge on any atom is 0.313 e. The largest absolute Gasteiger partial charge is 0.466 e. The van der Waals surface area contributed by atoms with E-state index < -0.39 is 11.0 Å². The van der Waals surface area contributed by atoms with E-state index in [2.05, 4.69) is 0 Å². The summed E-state index contributed by atoms with van der Waals surface area (Å²) in [4.78, 5) is 11.4. The van der Waals surface area contributed by atoms with E-state index in [-0.39, 0.29) is 5.97 Å². The van der Waals surface area contributed by atoms with Gasteiger partial charge in [0.2, 0.25) is 0 Å². The molecule has 0 rings (SSSR count). The summed E-state index contributed by atoms with van der Waals surface area (Å²) >= 11 is 0. The monoisotopic (exact) mass is 173 g/mol. The van der Waals surface area contributed by atoms with Gasteiger partial charge in [0.1, 0.15) is 0 Å². The van der Waals surface area contributed by atoms with Gasteiger partial charge in [-0.3, -0.25) is 4.79 Å². The molecule has 0 aliphatic rings. The normalized spacial score (nSPS) is 12.8. The van der Waals surface area contributed by atoms with Crippen LogP contribution in [0.15, 0.2) is 0 Å². The number of rotatable bonds is 3. The highest BCUT2D eigenvalue weighted by atomic mass is 16.5. The number of nitrogens with two attached hydrogens (primary N) is 1. The first kappa shape index (κ1) is 11.4. The molecule has 0 amide bonds. The number of hydrogen-bond acceptors (Lipinski definition) is 3. The predicted molar refractivity (Wildman–Crippen MR) is 48.7 cm³/mol. The second-order valence-electron chi connectivity index (χ2n) is 4.07. The van der Waals surface area contributed by atoms with Crippen LogP contribution in [-0.2, 0) is 9.53 Å². The lowest BCUT2D eigenvalue weighted by molar-refractivity contribution is -0.156. The Kier molecular flexibility index (Phi) is 3.27. The molecule has 3 nitrogen and oxygen atoms in total. The van der Waals surface area contributed by atoms with Crippen molar-refractivity contribution in [3.8, 4) is 0 Å². The molecule has 72 valence electrons. The molecule has 0 heterocycles. The van der Waals surface area contributed by atoms with Crippen molar-refractivity contribution in [1.29, 1.82) is 0 Å². The zero-order valence-electron chi connectivity index (χ0n) is 8.60. The summed E-state index contributed by atoms with van der Waals surface area (Å²) in [6, 6.07) is 0. The van der Waals surface area contributed by atoms with Gasteiger partial charge in [-0.1, -0.05) is 0 Å². The van der Waals surface area contributed by atoms with Crippen molar-refractivity contribution in [2.24, 2.45) is 11.1 Å². The average molecular weight is 173 g/mol. The third kappa shape index (κ3) is 2.21. The second kappa shape index (κ2) is 3.44. The summed E-state index contributed by atoms with van der Waals surface area (Å²) < 4.78 is 4.91. The molecule has 0 fully saturated rings. The van der Waals surface area contributed by atoms with E-state index >= 15 is 0 Å². The Balaban J connectivity index is 4.50. The molecule has 0 spiro atoms. The molecule has 0 atom stereocenters. The zero-order valence-corrected chi connectivity index (χ0v) is 8.60. The van der Waals surface area contributed by atoms with Crippen LogP contribution >= 0.6 is 0 Å². The maximum atomic E-state index is 11.4. The predicted octanol–water partition coefficient (Wildman–Crippen LogP) is 1.31. The van der Waals surface area contributed by atoms with Crippen molar-refractivity contribution in [2.45, 2.75) is 40.2 Å². The van der Waals surface area contributed by atoms with E-state index in [0.717, 1.165) is 0 Å². The Bertz CT molecular complexity index is 168. The van der Waals surface area contributed by atoms with Crippen molar-refractivity contribution in [3.63, 3.8) is 0 Å². The van der Waals surface area contributed by atoms with Crippen molar-refractivity contribution in [2.75, 3.05) is 6.61 Å². The van der Waals surface area contributed by atoms with Crippen LogP contribution in [0.4, 0.5) is 0 Å². The molecule has 2 N–H and O–H groups in total. The summed E-state index contributed by atoms with van der Waals surface area (Å²) in [5.41, 5.74) is 4.65. The fraction of sp³-hybridized carbons (Fsp3) is 0.889. The van der Waals surface area contributed by atoms with Gasteiger partial charge in [0, 0.05) is 5.54 Å². The Morgan fingerprint density at radius 3 is 2.00 bits per heavy atom. The van der Waals surface area contributed by atoms with Crippen molar-refractivity contribution in [1.82, 2.24) is 0 Å². The van der Waals surface area contributed by atoms with Crippen LogP contribution in [0.5, 0.6) is 0 Å². The average Bonchev–Trinajstić information content (AvgIpc) is 1.85. The van der Waals surface area contributed by atoms with Crippen molar-refractivity contribution in [3.05, 3.63) is 0 Å². The van der Waals surface area contributed by atoms with Gasteiger partial charge >= 0.3 is 5.97 Å². The topological polar surface area (TPSA) is 52.3 Å². The summed E-state index contributed by atoms with van der Waals surface area (Å²) in [7, 11) is 0. The van der Waals surface area contributed by atoms with Gasteiger partial charge in [-0.15, -0.1) is 0 Å². The number of esters is 1. The first-order valence-corrected chi connectivity index (χ1v) is 4.19. The summed E-state index contributed by atoms with van der Waals surface area (Å²) in [5.74, 6) is -0.238. The van der Waals surface area contributed by atoms with E-state index in [9.17, 15) is 4.79 Å². The Hall–Kier alpha value is -0.570. The highest BCUT2D eigenvalue weighted by molar-refractivity contribution is 5.77. The van der Waals surface area contributed by atoms with E-state index in [4.69, 9.17) is 10.5 Å². The molecule has 12 heavy (non-hydrogen) atoms. The standard InChI is InChI=1S/C9H19NO2/c1-6-12-7(11)8(2,3)9(4,5)10/h6,10H2,1-5H3. The fourth-order valence-corrected chi connectivity index (χ4v) is 0.575. The third-order valence-electron chi connectivity index (χ3n) is 2.40. The molecule has 0 saturated heterocycles. The molecule has 0 radical (unpaired) electrons. The van der Waals surface area contributed by atoms with Crippen LogP contribution in [0.2, 0.25) is 0 Å². The fourth-order valence-electron chi connectivity index (χ4n) is 0.575. The molecule has 0 bridgehead atoms. The van der Waals surface area contributed by atoms with Gasteiger partial charge < -0.3 is 10.5 Å². The molecule has 0 aromatic rings. The smallest absolute Gasteiger partial charge is 0.313 e.